The summed E-state index contributed by atoms with van der Waals surface area (Å²) in [6, 6.07) is 10.2. The molecule has 1 rings (SSSR count). The lowest BCUT2D eigenvalue weighted by molar-refractivity contribution is -0.127. The van der Waals surface area contributed by atoms with Crippen molar-refractivity contribution in [3.8, 4) is 0 Å². The molecule has 8 heteroatoms. The largest absolute Gasteiger partial charge is 0.376 e. The summed E-state index contributed by atoms with van der Waals surface area (Å²) >= 11 is 1.77. The fraction of sp³-hybridized carbons (Fsp3) is 0.579. The predicted octanol–water partition coefficient (Wildman–Crippen LogP) is 2.44. The summed E-state index contributed by atoms with van der Waals surface area (Å²) in [7, 11) is 3.47. The highest BCUT2D eigenvalue weighted by Crippen LogP contribution is 2.02. The van der Waals surface area contributed by atoms with E-state index in [4.69, 9.17) is 4.74 Å². The highest BCUT2D eigenvalue weighted by atomic mass is 127. The van der Waals surface area contributed by atoms with Crippen LogP contribution in [0.3, 0.4) is 0 Å². The van der Waals surface area contributed by atoms with Gasteiger partial charge in [-0.25, -0.2) is 4.99 Å². The van der Waals surface area contributed by atoms with Crippen LogP contribution in [0, 0.1) is 5.92 Å². The summed E-state index contributed by atoms with van der Waals surface area (Å²) in [5, 5.41) is 6.56. The molecule has 0 bridgehead atoms. The van der Waals surface area contributed by atoms with Crippen LogP contribution in [0.25, 0.3) is 0 Å². The number of likely N-dealkylation sites (N-methyl/N-ethyl adjacent to an activating group) is 1. The lowest BCUT2D eigenvalue weighted by Crippen LogP contribution is -2.41. The number of amides is 1. The lowest BCUT2D eigenvalue weighted by Gasteiger charge is -2.17. The quantitative estimate of drug-likeness (QED) is 0.208. The molecule has 1 aromatic carbocycles. The second kappa shape index (κ2) is 16.0. The van der Waals surface area contributed by atoms with Crippen molar-refractivity contribution in [1.82, 2.24) is 15.5 Å². The Morgan fingerprint density at radius 2 is 1.96 bits per heavy atom. The SMILES string of the molecule is CSCCNC(=NCC(=O)N(C)C)NCC(C)COCc1ccccc1.I. The average molecular weight is 508 g/mol. The van der Waals surface area contributed by atoms with Crippen molar-refractivity contribution in [2.75, 3.05) is 52.3 Å². The van der Waals surface area contributed by atoms with E-state index >= 15 is 0 Å². The number of nitrogens with one attached hydrogen (secondary N) is 2. The standard InChI is InChI=1S/C19H32N4O2S.HI/c1-16(14-25-15-17-8-6-5-7-9-17)12-21-19(20-10-11-26-4)22-13-18(24)23(2)3;/h5-9,16H,10-15H2,1-4H3,(H2,20,21,22);1H. The van der Waals surface area contributed by atoms with Crippen molar-refractivity contribution in [3.63, 3.8) is 0 Å². The zero-order chi connectivity index (χ0) is 19.2. The molecule has 1 atom stereocenters. The first kappa shape index (κ1) is 26.0. The van der Waals surface area contributed by atoms with Gasteiger partial charge in [0.25, 0.3) is 0 Å². The molecule has 0 aliphatic heterocycles. The zero-order valence-corrected chi connectivity index (χ0v) is 19.9. The van der Waals surface area contributed by atoms with Crippen LogP contribution < -0.4 is 10.6 Å². The molecule has 0 aliphatic rings. The van der Waals surface area contributed by atoms with E-state index in [1.165, 1.54) is 5.56 Å². The number of rotatable bonds is 11. The number of carbonyl (C=O) groups is 1. The van der Waals surface area contributed by atoms with Crippen LogP contribution in [-0.4, -0.2) is 69.1 Å². The molecule has 27 heavy (non-hydrogen) atoms. The molecule has 1 amide bonds. The van der Waals surface area contributed by atoms with Crippen molar-refractivity contribution >= 4 is 47.6 Å². The first-order valence-electron chi connectivity index (χ1n) is 8.86. The number of thioether (sulfide) groups is 1. The summed E-state index contributed by atoms with van der Waals surface area (Å²) in [6.07, 6.45) is 2.06. The van der Waals surface area contributed by atoms with Crippen molar-refractivity contribution < 1.29 is 9.53 Å². The monoisotopic (exact) mass is 508 g/mol. The van der Waals surface area contributed by atoms with Crippen LogP contribution in [0.5, 0.6) is 0 Å². The van der Waals surface area contributed by atoms with Crippen LogP contribution >= 0.6 is 35.7 Å². The van der Waals surface area contributed by atoms with Gasteiger partial charge in [0.1, 0.15) is 6.54 Å². The molecule has 1 unspecified atom stereocenters. The first-order chi connectivity index (χ1) is 12.5. The van der Waals surface area contributed by atoms with E-state index in [2.05, 4.69) is 40.9 Å². The van der Waals surface area contributed by atoms with Crippen LogP contribution in [0.2, 0.25) is 0 Å². The number of nitrogens with zero attached hydrogens (tertiary/aromatic N) is 2. The highest BCUT2D eigenvalue weighted by Gasteiger charge is 2.07. The molecule has 0 radical (unpaired) electrons. The topological polar surface area (TPSA) is 66.0 Å². The van der Waals surface area contributed by atoms with Crippen LogP contribution in [-0.2, 0) is 16.1 Å². The Balaban J connectivity index is 0.00000676. The number of halogens is 1. The number of guanidine groups is 1. The minimum absolute atomic E-state index is 0. The highest BCUT2D eigenvalue weighted by molar-refractivity contribution is 14.0. The van der Waals surface area contributed by atoms with Crippen molar-refractivity contribution in [3.05, 3.63) is 35.9 Å². The maximum Gasteiger partial charge on any atom is 0.243 e. The number of hydrogen-bond donors (Lipinski definition) is 2. The Hall–Kier alpha value is -1.000. The average Bonchev–Trinajstić information content (AvgIpc) is 2.64. The maximum atomic E-state index is 11.7. The zero-order valence-electron chi connectivity index (χ0n) is 16.7. The summed E-state index contributed by atoms with van der Waals surface area (Å²) in [5.41, 5.74) is 1.18. The summed E-state index contributed by atoms with van der Waals surface area (Å²) < 4.78 is 5.78. The number of ether oxygens (including phenoxy) is 1. The summed E-state index contributed by atoms with van der Waals surface area (Å²) in [6.45, 7) is 5.09. The van der Waals surface area contributed by atoms with Gasteiger partial charge in [0.05, 0.1) is 13.2 Å². The molecule has 2 N–H and O–H groups in total. The van der Waals surface area contributed by atoms with Crippen molar-refractivity contribution in [2.24, 2.45) is 10.9 Å². The molecule has 154 valence electrons. The number of benzene rings is 1. The van der Waals surface area contributed by atoms with Gasteiger partial charge in [0.2, 0.25) is 5.91 Å². The van der Waals surface area contributed by atoms with E-state index in [9.17, 15) is 4.79 Å². The minimum atomic E-state index is -0.0183. The fourth-order valence-electron chi connectivity index (χ4n) is 2.02. The maximum absolute atomic E-state index is 11.7. The number of carbonyl (C=O) groups excluding carboxylic acids is 1. The third-order valence-electron chi connectivity index (χ3n) is 3.60. The smallest absolute Gasteiger partial charge is 0.243 e. The number of hydrogen-bond acceptors (Lipinski definition) is 4. The minimum Gasteiger partial charge on any atom is -0.376 e. The molecule has 0 spiro atoms. The second-order valence-electron chi connectivity index (χ2n) is 6.36. The third kappa shape index (κ3) is 12.9. The van der Waals surface area contributed by atoms with E-state index < -0.39 is 0 Å². The molecule has 0 saturated heterocycles. The van der Waals surface area contributed by atoms with Gasteiger partial charge in [0, 0.05) is 32.9 Å². The Morgan fingerprint density at radius 3 is 2.59 bits per heavy atom. The first-order valence-corrected chi connectivity index (χ1v) is 10.2. The lowest BCUT2D eigenvalue weighted by atomic mass is 10.2. The normalized spacial score (nSPS) is 12.1. The third-order valence-corrected chi connectivity index (χ3v) is 4.21. The predicted molar refractivity (Wildman–Crippen MR) is 126 cm³/mol. The van der Waals surface area contributed by atoms with Gasteiger partial charge in [-0.15, -0.1) is 24.0 Å². The van der Waals surface area contributed by atoms with Crippen LogP contribution in [0.15, 0.2) is 35.3 Å². The van der Waals surface area contributed by atoms with Gasteiger partial charge in [-0.05, 0) is 17.7 Å². The van der Waals surface area contributed by atoms with E-state index in [0.29, 0.717) is 25.1 Å². The summed E-state index contributed by atoms with van der Waals surface area (Å²) in [5.74, 6) is 1.97. The van der Waals surface area contributed by atoms with E-state index in [-0.39, 0.29) is 36.4 Å². The van der Waals surface area contributed by atoms with Gasteiger partial charge in [-0.3, -0.25) is 4.79 Å². The molecule has 0 aliphatic carbocycles. The van der Waals surface area contributed by atoms with E-state index in [0.717, 1.165) is 18.8 Å². The Kier molecular flexibility index (Phi) is 15.4. The van der Waals surface area contributed by atoms with Gasteiger partial charge >= 0.3 is 0 Å². The second-order valence-corrected chi connectivity index (χ2v) is 7.34. The molecule has 1 aromatic rings. The molecule has 0 fully saturated rings. The molecular weight excluding hydrogens is 475 g/mol. The molecule has 0 aromatic heterocycles. The van der Waals surface area contributed by atoms with Gasteiger partial charge < -0.3 is 20.3 Å². The Labute approximate surface area is 184 Å². The summed E-state index contributed by atoms with van der Waals surface area (Å²) in [4.78, 5) is 17.6. The van der Waals surface area contributed by atoms with Crippen molar-refractivity contribution in [1.29, 1.82) is 0 Å². The molecule has 0 saturated carbocycles. The molecule has 0 heterocycles. The Bertz CT molecular complexity index is 544. The Morgan fingerprint density at radius 1 is 1.26 bits per heavy atom. The van der Waals surface area contributed by atoms with Gasteiger partial charge in [0.15, 0.2) is 5.96 Å². The van der Waals surface area contributed by atoms with Gasteiger partial charge in [-0.1, -0.05) is 37.3 Å². The van der Waals surface area contributed by atoms with E-state index in [1.807, 2.05) is 18.2 Å². The fourth-order valence-corrected chi connectivity index (χ4v) is 2.32. The van der Waals surface area contributed by atoms with Crippen LogP contribution in [0.1, 0.15) is 12.5 Å². The number of aliphatic imine (C=N–C) groups is 1. The van der Waals surface area contributed by atoms with Crippen molar-refractivity contribution in [2.45, 2.75) is 13.5 Å². The van der Waals surface area contributed by atoms with Gasteiger partial charge in [-0.2, -0.15) is 11.8 Å². The molecular formula is C19H33IN4O2S. The van der Waals surface area contributed by atoms with Crippen LogP contribution in [0.4, 0.5) is 0 Å². The van der Waals surface area contributed by atoms with E-state index in [1.54, 1.807) is 30.8 Å². The molecule has 6 nitrogen and oxygen atoms in total.